The molecule has 0 radical (unpaired) electrons. The summed E-state index contributed by atoms with van der Waals surface area (Å²) < 4.78 is 14.3. The summed E-state index contributed by atoms with van der Waals surface area (Å²) in [6.45, 7) is 15.7. The highest BCUT2D eigenvalue weighted by molar-refractivity contribution is 9.10. The van der Waals surface area contributed by atoms with Gasteiger partial charge in [0.05, 0.1) is 30.3 Å². The molecule has 0 atom stereocenters. The van der Waals surface area contributed by atoms with Crippen molar-refractivity contribution in [3.05, 3.63) is 86.1 Å². The Labute approximate surface area is 238 Å². The molecule has 39 heavy (non-hydrogen) atoms. The standard InChI is InChI=1S/C32H36BrN3O3/c1-8-38-29-15-21(4)26(17-25(29)20(2)3)30-35-27-12-10-9-11-24(27)31(37)36(30)34-18-22-16-23(33)13-14-28(22)39-19-32(5,6)7/h9-18,20H,8,19H2,1-7H3. The van der Waals surface area contributed by atoms with Gasteiger partial charge in [0.25, 0.3) is 5.56 Å². The van der Waals surface area contributed by atoms with E-state index in [1.165, 1.54) is 4.68 Å². The summed E-state index contributed by atoms with van der Waals surface area (Å²) in [5.41, 5.74) is 3.98. The maximum Gasteiger partial charge on any atom is 0.282 e. The van der Waals surface area contributed by atoms with E-state index in [2.05, 4.69) is 56.6 Å². The topological polar surface area (TPSA) is 65.7 Å². The number of rotatable bonds is 8. The first-order chi connectivity index (χ1) is 18.5. The minimum atomic E-state index is -0.238. The number of ether oxygens (including phenoxy) is 2. The predicted octanol–water partition coefficient (Wildman–Crippen LogP) is 7.96. The molecule has 6 nitrogen and oxygen atoms in total. The zero-order chi connectivity index (χ0) is 28.3. The van der Waals surface area contributed by atoms with Crippen molar-refractivity contribution in [2.75, 3.05) is 13.2 Å². The third kappa shape index (κ3) is 6.59. The van der Waals surface area contributed by atoms with Gasteiger partial charge in [0.15, 0.2) is 5.82 Å². The van der Waals surface area contributed by atoms with Crippen LogP contribution in [0.25, 0.3) is 22.3 Å². The van der Waals surface area contributed by atoms with Gasteiger partial charge in [-0.2, -0.15) is 9.78 Å². The van der Waals surface area contributed by atoms with Crippen LogP contribution in [0.1, 0.15) is 64.2 Å². The molecule has 3 aromatic carbocycles. The minimum absolute atomic E-state index is 0.00678. The number of benzene rings is 3. The van der Waals surface area contributed by atoms with Crippen LogP contribution in [0.2, 0.25) is 0 Å². The molecule has 0 aliphatic carbocycles. The second-order valence-electron chi connectivity index (χ2n) is 11.1. The monoisotopic (exact) mass is 589 g/mol. The summed E-state index contributed by atoms with van der Waals surface area (Å²) >= 11 is 3.55. The van der Waals surface area contributed by atoms with Crippen molar-refractivity contribution >= 4 is 33.0 Å². The third-order valence-electron chi connectivity index (χ3n) is 6.22. The molecule has 1 aromatic heterocycles. The highest BCUT2D eigenvalue weighted by Crippen LogP contribution is 2.34. The fourth-order valence-electron chi connectivity index (χ4n) is 4.24. The molecule has 0 unspecified atom stereocenters. The van der Waals surface area contributed by atoms with Crippen LogP contribution in [0.3, 0.4) is 0 Å². The van der Waals surface area contributed by atoms with E-state index >= 15 is 0 Å². The minimum Gasteiger partial charge on any atom is -0.494 e. The summed E-state index contributed by atoms with van der Waals surface area (Å²) in [7, 11) is 0. The molecule has 0 spiro atoms. The largest absolute Gasteiger partial charge is 0.494 e. The van der Waals surface area contributed by atoms with Crippen molar-refractivity contribution in [3.63, 3.8) is 0 Å². The van der Waals surface area contributed by atoms with E-state index in [0.717, 1.165) is 32.5 Å². The van der Waals surface area contributed by atoms with Crippen LogP contribution in [0.5, 0.6) is 11.5 Å². The van der Waals surface area contributed by atoms with E-state index in [1.807, 2.05) is 56.3 Å². The molecule has 0 saturated carbocycles. The van der Waals surface area contributed by atoms with Gasteiger partial charge in [-0.15, -0.1) is 0 Å². The molecular weight excluding hydrogens is 554 g/mol. The Balaban J connectivity index is 1.92. The molecule has 7 heteroatoms. The fraction of sp³-hybridized carbons (Fsp3) is 0.344. The van der Waals surface area contributed by atoms with Crippen LogP contribution in [0.4, 0.5) is 0 Å². The third-order valence-corrected chi connectivity index (χ3v) is 6.71. The van der Waals surface area contributed by atoms with Gasteiger partial charge in [-0.1, -0.05) is 62.7 Å². The zero-order valence-corrected chi connectivity index (χ0v) is 25.3. The van der Waals surface area contributed by atoms with Crippen molar-refractivity contribution in [1.29, 1.82) is 0 Å². The van der Waals surface area contributed by atoms with Crippen LogP contribution in [0.15, 0.2) is 69.0 Å². The van der Waals surface area contributed by atoms with E-state index < -0.39 is 0 Å². The number of hydrogen-bond acceptors (Lipinski definition) is 5. The van der Waals surface area contributed by atoms with Gasteiger partial charge in [-0.3, -0.25) is 4.79 Å². The maximum atomic E-state index is 13.8. The first-order valence-corrected chi connectivity index (χ1v) is 14.0. The van der Waals surface area contributed by atoms with Crippen LogP contribution >= 0.6 is 15.9 Å². The van der Waals surface area contributed by atoms with Gasteiger partial charge < -0.3 is 9.47 Å². The second kappa shape index (κ2) is 11.7. The van der Waals surface area contributed by atoms with Crippen LogP contribution in [-0.4, -0.2) is 29.1 Å². The van der Waals surface area contributed by atoms with Gasteiger partial charge in [0, 0.05) is 15.6 Å². The number of aryl methyl sites for hydroxylation is 1. The summed E-state index contributed by atoms with van der Waals surface area (Å²) in [4.78, 5) is 18.7. The van der Waals surface area contributed by atoms with Crippen LogP contribution in [-0.2, 0) is 0 Å². The summed E-state index contributed by atoms with van der Waals surface area (Å²) in [5, 5.41) is 5.21. The summed E-state index contributed by atoms with van der Waals surface area (Å²) in [6, 6.07) is 17.2. The van der Waals surface area contributed by atoms with E-state index in [9.17, 15) is 4.79 Å². The molecule has 0 saturated heterocycles. The van der Waals surface area contributed by atoms with E-state index in [0.29, 0.717) is 35.7 Å². The maximum absolute atomic E-state index is 13.8. The van der Waals surface area contributed by atoms with Gasteiger partial charge in [0.2, 0.25) is 0 Å². The highest BCUT2D eigenvalue weighted by atomic mass is 79.9. The predicted molar refractivity (Wildman–Crippen MR) is 164 cm³/mol. The molecule has 0 aliphatic heterocycles. The van der Waals surface area contributed by atoms with Crippen LogP contribution < -0.4 is 15.0 Å². The number of hydrogen-bond donors (Lipinski definition) is 0. The van der Waals surface area contributed by atoms with Crippen molar-refractivity contribution in [2.45, 2.75) is 54.4 Å². The lowest BCUT2D eigenvalue weighted by Crippen LogP contribution is -2.21. The number of nitrogens with zero attached hydrogens (tertiary/aromatic N) is 3. The Bertz CT molecular complexity index is 1580. The molecule has 0 bridgehead atoms. The Hall–Kier alpha value is -3.45. The summed E-state index contributed by atoms with van der Waals surface area (Å²) in [6.07, 6.45) is 1.66. The quantitative estimate of drug-likeness (QED) is 0.195. The number of halogens is 1. The lowest BCUT2D eigenvalue weighted by Gasteiger charge is -2.20. The lowest BCUT2D eigenvalue weighted by atomic mass is 9.96. The number of aromatic nitrogens is 2. The number of para-hydroxylation sites is 1. The van der Waals surface area contributed by atoms with Crippen molar-refractivity contribution < 1.29 is 9.47 Å². The Morgan fingerprint density at radius 1 is 1.05 bits per heavy atom. The molecule has 1 heterocycles. The summed E-state index contributed by atoms with van der Waals surface area (Å²) in [5.74, 6) is 2.24. The average molecular weight is 591 g/mol. The van der Waals surface area contributed by atoms with E-state index in [4.69, 9.17) is 19.6 Å². The molecule has 0 amide bonds. The second-order valence-corrected chi connectivity index (χ2v) is 12.1. The van der Waals surface area contributed by atoms with Crippen LogP contribution in [0, 0.1) is 12.3 Å². The molecule has 204 valence electrons. The van der Waals surface area contributed by atoms with E-state index in [-0.39, 0.29) is 16.9 Å². The smallest absolute Gasteiger partial charge is 0.282 e. The average Bonchev–Trinajstić information content (AvgIpc) is 2.87. The molecule has 0 N–H and O–H groups in total. The first-order valence-electron chi connectivity index (χ1n) is 13.2. The molecule has 0 aliphatic rings. The van der Waals surface area contributed by atoms with Crippen molar-refractivity contribution in [1.82, 2.24) is 9.66 Å². The Morgan fingerprint density at radius 3 is 2.49 bits per heavy atom. The fourth-order valence-corrected chi connectivity index (χ4v) is 4.62. The SMILES string of the molecule is CCOc1cc(C)c(-c2nc3ccccc3c(=O)n2N=Cc2cc(Br)ccc2OCC(C)(C)C)cc1C(C)C. The molecule has 0 fully saturated rings. The Kier molecular flexibility index (Phi) is 8.60. The van der Waals surface area contributed by atoms with Gasteiger partial charge in [-0.25, -0.2) is 4.98 Å². The van der Waals surface area contributed by atoms with Crippen molar-refractivity contribution in [2.24, 2.45) is 10.5 Å². The van der Waals surface area contributed by atoms with Gasteiger partial charge in [-0.05, 0) is 78.8 Å². The number of fused-ring (bicyclic) bond motifs is 1. The normalized spacial score (nSPS) is 12.0. The highest BCUT2D eigenvalue weighted by Gasteiger charge is 2.19. The van der Waals surface area contributed by atoms with Gasteiger partial charge in [0.1, 0.15) is 11.5 Å². The van der Waals surface area contributed by atoms with Crippen molar-refractivity contribution in [3.8, 4) is 22.9 Å². The van der Waals surface area contributed by atoms with E-state index in [1.54, 1.807) is 12.3 Å². The first kappa shape index (κ1) is 28.6. The zero-order valence-electron chi connectivity index (χ0n) is 23.7. The van der Waals surface area contributed by atoms with Gasteiger partial charge >= 0.3 is 0 Å². The lowest BCUT2D eigenvalue weighted by molar-refractivity contribution is 0.197. The molecule has 4 aromatic rings. The molecular formula is C32H36BrN3O3. The Morgan fingerprint density at radius 2 is 1.79 bits per heavy atom. The molecule has 4 rings (SSSR count).